The predicted molar refractivity (Wildman–Crippen MR) is 111 cm³/mol. The number of carbonyl (C=O) groups excluding carboxylic acids is 1. The topological polar surface area (TPSA) is 79.0 Å². The van der Waals surface area contributed by atoms with Crippen LogP contribution in [0.2, 0.25) is 5.02 Å². The largest absolute Gasteiger partial charge is 0.492 e. The van der Waals surface area contributed by atoms with Gasteiger partial charge in [-0.25, -0.2) is 8.70 Å². The van der Waals surface area contributed by atoms with Crippen molar-refractivity contribution < 1.29 is 22.3 Å². The van der Waals surface area contributed by atoms with Crippen molar-refractivity contribution in [3.63, 3.8) is 0 Å². The Morgan fingerprint density at radius 3 is 2.52 bits per heavy atom. The number of nitrogens with one attached hydrogen (secondary N) is 1. The Bertz CT molecular complexity index is 970. The molecule has 2 aromatic rings. The zero-order valence-corrected chi connectivity index (χ0v) is 17.9. The Morgan fingerprint density at radius 2 is 1.90 bits per heavy atom. The molecule has 0 bridgehead atoms. The van der Waals surface area contributed by atoms with E-state index in [1.165, 1.54) is 32.3 Å². The van der Waals surface area contributed by atoms with Crippen LogP contribution in [0.4, 0.5) is 10.1 Å². The number of benzene rings is 2. The minimum absolute atomic E-state index is 0.136. The highest BCUT2D eigenvalue weighted by atomic mass is 35.5. The van der Waals surface area contributed by atoms with Crippen LogP contribution in [0.25, 0.3) is 0 Å². The zero-order valence-electron chi connectivity index (χ0n) is 16.4. The average molecular weight is 444 g/mol. The van der Waals surface area contributed by atoms with Crippen LogP contribution in [-0.2, 0) is 15.0 Å². The molecule has 0 spiro atoms. The van der Waals surface area contributed by atoms with Crippen LogP contribution >= 0.6 is 11.6 Å². The maximum absolute atomic E-state index is 14.2. The van der Waals surface area contributed by atoms with Crippen molar-refractivity contribution in [2.45, 2.75) is 6.92 Å². The fraction of sp³-hybridized carbons (Fsp3) is 0.316. The van der Waals surface area contributed by atoms with E-state index in [1.54, 1.807) is 12.1 Å². The van der Waals surface area contributed by atoms with E-state index in [0.29, 0.717) is 10.8 Å². The van der Waals surface area contributed by atoms with Gasteiger partial charge in [0.25, 0.3) is 0 Å². The lowest BCUT2D eigenvalue weighted by Crippen LogP contribution is -2.46. The molecule has 10 heteroatoms. The Kier molecular flexibility index (Phi) is 7.83. The van der Waals surface area contributed by atoms with Gasteiger partial charge in [-0.2, -0.15) is 12.7 Å². The highest BCUT2D eigenvalue weighted by molar-refractivity contribution is 7.90. The summed E-state index contributed by atoms with van der Waals surface area (Å²) in [6.45, 7) is 1.59. The standard InChI is InChI=1S/C19H23ClFN3O4S/c1-14-8-9-15(12-16(14)20)28-11-10-22-19(25)13-24(29(26,27)23(2)3)18-7-5-4-6-17(18)21/h4-9,12H,10-11,13H2,1-3H3,(H,22,25). The highest BCUT2D eigenvalue weighted by Gasteiger charge is 2.29. The molecule has 1 N–H and O–H groups in total. The minimum Gasteiger partial charge on any atom is -0.492 e. The quantitative estimate of drug-likeness (QED) is 0.604. The lowest BCUT2D eigenvalue weighted by Gasteiger charge is -2.27. The first-order valence-corrected chi connectivity index (χ1v) is 10.5. The molecule has 158 valence electrons. The molecule has 0 saturated heterocycles. The first-order chi connectivity index (χ1) is 13.6. The van der Waals surface area contributed by atoms with Gasteiger partial charge >= 0.3 is 10.2 Å². The van der Waals surface area contributed by atoms with Crippen molar-refractivity contribution in [2.24, 2.45) is 0 Å². The van der Waals surface area contributed by atoms with Gasteiger partial charge in [-0.1, -0.05) is 29.8 Å². The molecule has 0 fully saturated rings. The van der Waals surface area contributed by atoms with Crippen molar-refractivity contribution in [1.29, 1.82) is 0 Å². The first-order valence-electron chi connectivity index (χ1n) is 8.73. The summed E-state index contributed by atoms with van der Waals surface area (Å²) in [5, 5.41) is 3.14. The molecule has 0 aliphatic heterocycles. The normalized spacial score (nSPS) is 11.4. The molecule has 1 amide bonds. The molecular formula is C19H23ClFN3O4S. The van der Waals surface area contributed by atoms with E-state index in [4.69, 9.17) is 16.3 Å². The molecule has 0 aliphatic rings. The van der Waals surface area contributed by atoms with E-state index in [1.807, 2.05) is 13.0 Å². The van der Waals surface area contributed by atoms with E-state index in [9.17, 15) is 17.6 Å². The molecule has 0 aliphatic carbocycles. The molecule has 2 aromatic carbocycles. The summed E-state index contributed by atoms with van der Waals surface area (Å²) in [6.07, 6.45) is 0. The summed E-state index contributed by atoms with van der Waals surface area (Å²) in [5.41, 5.74) is 0.713. The van der Waals surface area contributed by atoms with Gasteiger partial charge in [-0.3, -0.25) is 4.79 Å². The molecule has 0 atom stereocenters. The van der Waals surface area contributed by atoms with Crippen molar-refractivity contribution in [3.05, 3.63) is 58.9 Å². The van der Waals surface area contributed by atoms with Gasteiger partial charge in [0.1, 0.15) is 24.7 Å². The fourth-order valence-electron chi connectivity index (χ4n) is 2.35. The fourth-order valence-corrected chi connectivity index (χ4v) is 3.59. The van der Waals surface area contributed by atoms with Crippen molar-refractivity contribution >= 4 is 33.4 Å². The Morgan fingerprint density at radius 1 is 1.21 bits per heavy atom. The van der Waals surface area contributed by atoms with Gasteiger partial charge < -0.3 is 10.1 Å². The lowest BCUT2D eigenvalue weighted by atomic mass is 10.2. The van der Waals surface area contributed by atoms with Crippen LogP contribution in [0.15, 0.2) is 42.5 Å². The second-order valence-electron chi connectivity index (χ2n) is 6.36. The summed E-state index contributed by atoms with van der Waals surface area (Å²) in [4.78, 5) is 12.3. The number of amides is 1. The third kappa shape index (κ3) is 6.06. The zero-order chi connectivity index (χ0) is 21.6. The van der Waals surface area contributed by atoms with Crippen LogP contribution in [0.5, 0.6) is 5.75 Å². The summed E-state index contributed by atoms with van der Waals surface area (Å²) in [5.74, 6) is -0.785. The van der Waals surface area contributed by atoms with Crippen LogP contribution in [0, 0.1) is 12.7 Å². The molecular weight excluding hydrogens is 421 g/mol. The SMILES string of the molecule is Cc1ccc(OCCNC(=O)CN(c2ccccc2F)S(=O)(=O)N(C)C)cc1Cl. The summed E-state index contributed by atoms with van der Waals surface area (Å²) in [7, 11) is -1.46. The number of halogens is 2. The second kappa shape index (κ2) is 9.91. The van der Waals surface area contributed by atoms with Crippen LogP contribution in [0.3, 0.4) is 0 Å². The molecule has 2 rings (SSSR count). The number of aryl methyl sites for hydroxylation is 1. The van der Waals surface area contributed by atoms with Crippen LogP contribution in [-0.4, -0.2) is 52.4 Å². The van der Waals surface area contributed by atoms with E-state index < -0.39 is 28.5 Å². The van der Waals surface area contributed by atoms with E-state index in [-0.39, 0.29) is 18.8 Å². The van der Waals surface area contributed by atoms with Gasteiger partial charge in [0, 0.05) is 19.1 Å². The number of hydrogen-bond acceptors (Lipinski definition) is 4. The summed E-state index contributed by atoms with van der Waals surface area (Å²) >= 11 is 6.03. The number of hydrogen-bond donors (Lipinski definition) is 1. The Balaban J connectivity index is 1.99. The van der Waals surface area contributed by atoms with Gasteiger partial charge in [0.05, 0.1) is 12.2 Å². The van der Waals surface area contributed by atoms with Crippen LogP contribution in [0.1, 0.15) is 5.56 Å². The van der Waals surface area contributed by atoms with Gasteiger partial charge in [0.2, 0.25) is 5.91 Å². The van der Waals surface area contributed by atoms with Crippen molar-refractivity contribution in [1.82, 2.24) is 9.62 Å². The second-order valence-corrected chi connectivity index (χ2v) is 8.83. The Labute approximate surface area is 175 Å². The lowest BCUT2D eigenvalue weighted by molar-refractivity contribution is -0.119. The van der Waals surface area contributed by atoms with Crippen LogP contribution < -0.4 is 14.4 Å². The smallest absolute Gasteiger partial charge is 0.304 e. The van der Waals surface area contributed by atoms with Crippen molar-refractivity contribution in [2.75, 3.05) is 38.1 Å². The maximum Gasteiger partial charge on any atom is 0.304 e. The number of anilines is 1. The van der Waals surface area contributed by atoms with Gasteiger partial charge in [-0.15, -0.1) is 0 Å². The first kappa shape index (κ1) is 22.9. The summed E-state index contributed by atoms with van der Waals surface area (Å²) in [6, 6.07) is 10.6. The number of para-hydroxylation sites is 1. The molecule has 0 saturated carbocycles. The summed E-state index contributed by atoms with van der Waals surface area (Å²) < 4.78 is 46.4. The van der Waals surface area contributed by atoms with E-state index >= 15 is 0 Å². The monoisotopic (exact) mass is 443 g/mol. The Hall–Kier alpha value is -2.36. The maximum atomic E-state index is 14.2. The highest BCUT2D eigenvalue weighted by Crippen LogP contribution is 2.23. The number of carbonyl (C=O) groups is 1. The molecule has 7 nitrogen and oxygen atoms in total. The molecule has 0 unspecified atom stereocenters. The minimum atomic E-state index is -4.07. The molecule has 0 aromatic heterocycles. The van der Waals surface area contributed by atoms with Crippen molar-refractivity contribution in [3.8, 4) is 5.75 Å². The molecule has 0 radical (unpaired) electrons. The molecule has 0 heterocycles. The third-order valence-corrected chi connectivity index (χ3v) is 6.20. The number of rotatable bonds is 9. The van der Waals surface area contributed by atoms with Gasteiger partial charge in [-0.05, 0) is 36.8 Å². The third-order valence-electron chi connectivity index (χ3n) is 3.98. The molecule has 29 heavy (non-hydrogen) atoms. The predicted octanol–water partition coefficient (Wildman–Crippen LogP) is 2.60. The number of ether oxygens (including phenoxy) is 1. The average Bonchev–Trinajstić information content (AvgIpc) is 2.66. The van der Waals surface area contributed by atoms with E-state index in [0.717, 1.165) is 20.2 Å². The van der Waals surface area contributed by atoms with Gasteiger partial charge in [0.15, 0.2) is 0 Å². The van der Waals surface area contributed by atoms with E-state index in [2.05, 4.69) is 5.32 Å². The number of nitrogens with zero attached hydrogens (tertiary/aromatic N) is 2.